The molecule has 11 heavy (non-hydrogen) atoms. The molecule has 2 heteroatoms. The predicted molar refractivity (Wildman–Crippen MR) is 43.9 cm³/mol. The van der Waals surface area contributed by atoms with Crippen LogP contribution in [0.25, 0.3) is 0 Å². The second-order valence-corrected chi connectivity index (χ2v) is 3.23. The van der Waals surface area contributed by atoms with E-state index in [-0.39, 0.29) is 5.92 Å². The van der Waals surface area contributed by atoms with E-state index in [1.54, 1.807) is 0 Å². The standard InChI is InChI=1S/C7H12F2.C2H6/c1-5-3-6(4-5)7(2,8)9;1-2/h5-6H,3-4H2,1-2H3;1-2H3. The van der Waals surface area contributed by atoms with Gasteiger partial charge in [-0.25, -0.2) is 8.78 Å². The fourth-order valence-corrected chi connectivity index (χ4v) is 1.32. The van der Waals surface area contributed by atoms with Gasteiger partial charge < -0.3 is 0 Å². The zero-order valence-corrected chi connectivity index (χ0v) is 7.82. The molecule has 0 radical (unpaired) electrons. The highest BCUT2D eigenvalue weighted by molar-refractivity contribution is 4.84. The molecule has 0 aliphatic heterocycles. The molecular formula is C9H18F2. The van der Waals surface area contributed by atoms with E-state index in [9.17, 15) is 8.78 Å². The van der Waals surface area contributed by atoms with E-state index < -0.39 is 5.92 Å². The third kappa shape index (κ3) is 3.17. The van der Waals surface area contributed by atoms with Crippen molar-refractivity contribution >= 4 is 0 Å². The van der Waals surface area contributed by atoms with Crippen LogP contribution < -0.4 is 0 Å². The first-order valence-electron chi connectivity index (χ1n) is 4.38. The Bertz CT molecular complexity index is 98.6. The number of alkyl halides is 2. The maximum atomic E-state index is 12.3. The Morgan fingerprint density at radius 3 is 1.64 bits per heavy atom. The van der Waals surface area contributed by atoms with Crippen LogP contribution >= 0.6 is 0 Å². The summed E-state index contributed by atoms with van der Waals surface area (Å²) in [5.74, 6) is -2.22. The van der Waals surface area contributed by atoms with Gasteiger partial charge in [-0.1, -0.05) is 20.8 Å². The third-order valence-electron chi connectivity index (χ3n) is 2.09. The van der Waals surface area contributed by atoms with E-state index in [1.165, 1.54) is 0 Å². The largest absolute Gasteiger partial charge is 0.248 e. The van der Waals surface area contributed by atoms with E-state index >= 15 is 0 Å². The number of hydrogen-bond acceptors (Lipinski definition) is 0. The molecule has 1 fully saturated rings. The zero-order chi connectivity index (χ0) is 9.07. The summed E-state index contributed by atoms with van der Waals surface area (Å²) >= 11 is 0. The Labute approximate surface area is 68.0 Å². The van der Waals surface area contributed by atoms with Crippen LogP contribution in [0.5, 0.6) is 0 Å². The average Bonchev–Trinajstić information content (AvgIpc) is 1.84. The summed E-state index contributed by atoms with van der Waals surface area (Å²) < 4.78 is 24.7. The minimum Gasteiger partial charge on any atom is -0.207 e. The van der Waals surface area contributed by atoms with Crippen molar-refractivity contribution in [2.75, 3.05) is 0 Å². The van der Waals surface area contributed by atoms with Crippen molar-refractivity contribution in [2.24, 2.45) is 11.8 Å². The fourth-order valence-electron chi connectivity index (χ4n) is 1.32. The van der Waals surface area contributed by atoms with Gasteiger partial charge in [0.05, 0.1) is 0 Å². The molecule has 1 aliphatic rings. The van der Waals surface area contributed by atoms with Crippen molar-refractivity contribution in [3.63, 3.8) is 0 Å². The molecule has 68 valence electrons. The van der Waals surface area contributed by atoms with Crippen LogP contribution in [-0.4, -0.2) is 5.92 Å². The molecule has 0 amide bonds. The summed E-state index contributed by atoms with van der Waals surface area (Å²) in [6.45, 7) is 7.03. The van der Waals surface area contributed by atoms with Crippen molar-refractivity contribution < 1.29 is 8.78 Å². The summed E-state index contributed by atoms with van der Waals surface area (Å²) in [4.78, 5) is 0. The van der Waals surface area contributed by atoms with Crippen molar-refractivity contribution in [2.45, 2.75) is 46.5 Å². The SMILES string of the molecule is CC.CC1CC(C(C)(F)F)C1. The van der Waals surface area contributed by atoms with E-state index in [0.29, 0.717) is 18.8 Å². The minimum absolute atomic E-state index is 0.326. The van der Waals surface area contributed by atoms with Gasteiger partial charge >= 0.3 is 0 Å². The van der Waals surface area contributed by atoms with Gasteiger partial charge in [-0.05, 0) is 25.7 Å². The molecule has 0 spiro atoms. The Morgan fingerprint density at radius 1 is 1.18 bits per heavy atom. The lowest BCUT2D eigenvalue weighted by Crippen LogP contribution is -2.35. The third-order valence-corrected chi connectivity index (χ3v) is 2.09. The first-order valence-corrected chi connectivity index (χ1v) is 4.38. The summed E-state index contributed by atoms with van der Waals surface area (Å²) in [5.41, 5.74) is 0. The number of halogens is 2. The molecule has 1 saturated carbocycles. The smallest absolute Gasteiger partial charge is 0.207 e. The highest BCUT2D eigenvalue weighted by Gasteiger charge is 2.41. The highest BCUT2D eigenvalue weighted by Crippen LogP contribution is 2.43. The summed E-state index contributed by atoms with van der Waals surface area (Å²) in [5, 5.41) is 0. The van der Waals surface area contributed by atoms with Crippen LogP contribution in [0.4, 0.5) is 8.78 Å². The van der Waals surface area contributed by atoms with Crippen molar-refractivity contribution in [3.8, 4) is 0 Å². The Balaban J connectivity index is 0.000000461. The van der Waals surface area contributed by atoms with Gasteiger partial charge in [0.1, 0.15) is 0 Å². The van der Waals surface area contributed by atoms with E-state index in [1.807, 2.05) is 20.8 Å². The molecule has 0 heterocycles. The van der Waals surface area contributed by atoms with Gasteiger partial charge in [0.2, 0.25) is 5.92 Å². The second-order valence-electron chi connectivity index (χ2n) is 3.23. The van der Waals surface area contributed by atoms with Gasteiger partial charge in [0.25, 0.3) is 0 Å². The molecule has 0 saturated heterocycles. The molecule has 0 aromatic rings. The Morgan fingerprint density at radius 2 is 1.55 bits per heavy atom. The summed E-state index contributed by atoms with van der Waals surface area (Å²) in [7, 11) is 0. The van der Waals surface area contributed by atoms with E-state index in [2.05, 4.69) is 0 Å². The van der Waals surface area contributed by atoms with Crippen molar-refractivity contribution in [3.05, 3.63) is 0 Å². The van der Waals surface area contributed by atoms with E-state index in [4.69, 9.17) is 0 Å². The van der Waals surface area contributed by atoms with Gasteiger partial charge in [0, 0.05) is 5.92 Å². The van der Waals surface area contributed by atoms with Crippen LogP contribution in [0.1, 0.15) is 40.5 Å². The lowest BCUT2D eigenvalue weighted by atomic mass is 9.73. The monoisotopic (exact) mass is 164 g/mol. The maximum Gasteiger partial charge on any atom is 0.248 e. The molecule has 0 nitrogen and oxygen atoms in total. The molecule has 0 atom stereocenters. The van der Waals surface area contributed by atoms with Gasteiger partial charge in [-0.3, -0.25) is 0 Å². The maximum absolute atomic E-state index is 12.3. The normalized spacial score (nSPS) is 30.0. The highest BCUT2D eigenvalue weighted by atomic mass is 19.3. The Kier molecular flexibility index (Phi) is 3.98. The quantitative estimate of drug-likeness (QED) is 0.554. The lowest BCUT2D eigenvalue weighted by molar-refractivity contribution is -0.0869. The average molecular weight is 164 g/mol. The van der Waals surface area contributed by atoms with Gasteiger partial charge in [0.15, 0.2) is 0 Å². The van der Waals surface area contributed by atoms with Crippen LogP contribution in [0, 0.1) is 11.8 Å². The van der Waals surface area contributed by atoms with Crippen LogP contribution in [-0.2, 0) is 0 Å². The molecule has 1 aliphatic carbocycles. The molecule has 1 rings (SSSR count). The molecule has 0 bridgehead atoms. The second kappa shape index (κ2) is 4.03. The molecule has 0 aromatic carbocycles. The first kappa shape index (κ1) is 10.9. The topological polar surface area (TPSA) is 0 Å². The van der Waals surface area contributed by atoms with Crippen LogP contribution in [0.2, 0.25) is 0 Å². The predicted octanol–water partition coefficient (Wildman–Crippen LogP) is 3.71. The first-order chi connectivity index (χ1) is 5.00. The number of rotatable bonds is 1. The van der Waals surface area contributed by atoms with Crippen LogP contribution in [0.3, 0.4) is 0 Å². The van der Waals surface area contributed by atoms with Crippen LogP contribution in [0.15, 0.2) is 0 Å². The fraction of sp³-hybridized carbons (Fsp3) is 1.00. The summed E-state index contributed by atoms with van der Waals surface area (Å²) in [6, 6.07) is 0. The number of hydrogen-bond donors (Lipinski definition) is 0. The zero-order valence-electron chi connectivity index (χ0n) is 7.82. The van der Waals surface area contributed by atoms with Crippen molar-refractivity contribution in [1.29, 1.82) is 0 Å². The molecule has 0 aromatic heterocycles. The Hall–Kier alpha value is -0.140. The summed E-state index contributed by atoms with van der Waals surface area (Å²) in [6.07, 6.45) is 1.42. The van der Waals surface area contributed by atoms with E-state index in [0.717, 1.165) is 6.92 Å². The minimum atomic E-state index is -2.42. The van der Waals surface area contributed by atoms with Gasteiger partial charge in [-0.15, -0.1) is 0 Å². The lowest BCUT2D eigenvalue weighted by Gasteiger charge is -2.36. The molecule has 0 unspecified atom stereocenters. The molecular weight excluding hydrogens is 146 g/mol. The molecule has 0 N–H and O–H groups in total. The van der Waals surface area contributed by atoms with Gasteiger partial charge in [-0.2, -0.15) is 0 Å². The van der Waals surface area contributed by atoms with Crippen molar-refractivity contribution in [1.82, 2.24) is 0 Å².